The van der Waals surface area contributed by atoms with Crippen LogP contribution >= 0.6 is 0 Å². The maximum absolute atomic E-state index is 11.3. The first kappa shape index (κ1) is 10.9. The maximum Gasteiger partial charge on any atom is 0.267 e. The van der Waals surface area contributed by atoms with Crippen LogP contribution in [0.4, 0.5) is 0 Å². The fourth-order valence-corrected chi connectivity index (χ4v) is 1.01. The second-order valence-corrected chi connectivity index (χ2v) is 2.93. The zero-order valence-electron chi connectivity index (χ0n) is 8.14. The van der Waals surface area contributed by atoms with Crippen molar-refractivity contribution in [3.05, 3.63) is 28.2 Å². The fraction of sp³-hybridized carbons (Fsp3) is 0.556. The van der Waals surface area contributed by atoms with Gasteiger partial charge >= 0.3 is 0 Å². The second-order valence-electron chi connectivity index (χ2n) is 2.93. The second kappa shape index (κ2) is 5.51. The van der Waals surface area contributed by atoms with Crippen molar-refractivity contribution in [3.63, 3.8) is 0 Å². The van der Waals surface area contributed by atoms with Crippen molar-refractivity contribution in [2.75, 3.05) is 19.8 Å². The van der Waals surface area contributed by atoms with E-state index in [9.17, 15) is 4.79 Å². The molecule has 0 aliphatic heterocycles. The third-order valence-corrected chi connectivity index (χ3v) is 1.69. The molecule has 0 bridgehead atoms. The van der Waals surface area contributed by atoms with Crippen LogP contribution < -0.4 is 5.56 Å². The molecule has 1 heterocycles. The summed E-state index contributed by atoms with van der Waals surface area (Å²) in [6, 6.07) is 1.53. The summed E-state index contributed by atoms with van der Waals surface area (Å²) < 4.78 is 6.36. The smallest absolute Gasteiger partial charge is 0.267 e. The van der Waals surface area contributed by atoms with Gasteiger partial charge in [0.1, 0.15) is 0 Å². The molecule has 0 fully saturated rings. The Morgan fingerprint density at radius 2 is 2.36 bits per heavy atom. The first-order chi connectivity index (χ1) is 6.74. The van der Waals surface area contributed by atoms with Gasteiger partial charge in [-0.05, 0) is 12.5 Å². The monoisotopic (exact) mass is 198 g/mol. The van der Waals surface area contributed by atoms with Crippen LogP contribution in [0.2, 0.25) is 0 Å². The first-order valence-corrected chi connectivity index (χ1v) is 4.46. The Balaban J connectivity index is 2.47. The zero-order valence-corrected chi connectivity index (χ0v) is 8.14. The molecule has 0 aromatic carbocycles. The molecule has 0 aliphatic rings. The van der Waals surface area contributed by atoms with Gasteiger partial charge in [0, 0.05) is 6.07 Å². The van der Waals surface area contributed by atoms with Gasteiger partial charge in [0.2, 0.25) is 0 Å². The Labute approximate surface area is 81.9 Å². The number of aryl methyl sites for hydroxylation is 1. The highest BCUT2D eigenvalue weighted by atomic mass is 16.5. The van der Waals surface area contributed by atoms with E-state index in [1.807, 2.05) is 6.92 Å². The van der Waals surface area contributed by atoms with Gasteiger partial charge < -0.3 is 9.84 Å². The molecule has 0 spiro atoms. The van der Waals surface area contributed by atoms with Crippen LogP contribution in [0.15, 0.2) is 17.1 Å². The molecule has 1 N–H and O–H groups in total. The topological polar surface area (TPSA) is 64.3 Å². The summed E-state index contributed by atoms with van der Waals surface area (Å²) in [5, 5.41) is 12.4. The first-order valence-electron chi connectivity index (χ1n) is 4.46. The molecule has 14 heavy (non-hydrogen) atoms. The van der Waals surface area contributed by atoms with Gasteiger partial charge in [0.05, 0.1) is 32.6 Å². The summed E-state index contributed by atoms with van der Waals surface area (Å²) in [5.74, 6) is 0. The SMILES string of the molecule is Cc1cnn(CCOCCO)c(=O)c1. The molecule has 0 unspecified atom stereocenters. The van der Waals surface area contributed by atoms with Gasteiger partial charge in [-0.25, -0.2) is 4.68 Å². The molecular weight excluding hydrogens is 184 g/mol. The van der Waals surface area contributed by atoms with Gasteiger partial charge in [-0.2, -0.15) is 5.10 Å². The predicted molar refractivity (Wildman–Crippen MR) is 51.1 cm³/mol. The van der Waals surface area contributed by atoms with Crippen molar-refractivity contribution < 1.29 is 9.84 Å². The number of ether oxygens (including phenoxy) is 1. The van der Waals surface area contributed by atoms with E-state index < -0.39 is 0 Å². The molecule has 0 amide bonds. The molecule has 5 heteroatoms. The largest absolute Gasteiger partial charge is 0.394 e. The molecule has 78 valence electrons. The Morgan fingerprint density at radius 3 is 3.00 bits per heavy atom. The molecule has 0 radical (unpaired) electrons. The minimum absolute atomic E-state index is 0.00374. The van der Waals surface area contributed by atoms with Gasteiger partial charge in [0.25, 0.3) is 5.56 Å². The lowest BCUT2D eigenvalue weighted by atomic mass is 10.3. The number of aromatic nitrogens is 2. The van der Waals surface area contributed by atoms with E-state index in [-0.39, 0.29) is 12.2 Å². The van der Waals surface area contributed by atoms with E-state index in [2.05, 4.69) is 5.10 Å². The lowest BCUT2D eigenvalue weighted by Crippen LogP contribution is -2.24. The van der Waals surface area contributed by atoms with Crippen molar-refractivity contribution >= 4 is 0 Å². The summed E-state index contributed by atoms with van der Waals surface area (Å²) in [6.45, 7) is 2.91. The average molecular weight is 198 g/mol. The van der Waals surface area contributed by atoms with Gasteiger partial charge in [-0.1, -0.05) is 0 Å². The average Bonchev–Trinajstić information content (AvgIpc) is 2.15. The third kappa shape index (κ3) is 3.27. The molecule has 5 nitrogen and oxygen atoms in total. The van der Waals surface area contributed by atoms with E-state index in [1.54, 1.807) is 6.20 Å². The van der Waals surface area contributed by atoms with Crippen LogP contribution in [0.5, 0.6) is 0 Å². The normalized spacial score (nSPS) is 10.4. The van der Waals surface area contributed by atoms with Gasteiger partial charge in [-0.15, -0.1) is 0 Å². The van der Waals surface area contributed by atoms with E-state index in [1.165, 1.54) is 10.7 Å². The summed E-state index contributed by atoms with van der Waals surface area (Å²) >= 11 is 0. The minimum Gasteiger partial charge on any atom is -0.394 e. The fourth-order valence-electron chi connectivity index (χ4n) is 1.01. The van der Waals surface area contributed by atoms with E-state index in [4.69, 9.17) is 9.84 Å². The maximum atomic E-state index is 11.3. The molecule has 0 aliphatic carbocycles. The third-order valence-electron chi connectivity index (χ3n) is 1.69. The quantitative estimate of drug-likeness (QED) is 0.651. The lowest BCUT2D eigenvalue weighted by molar-refractivity contribution is 0.0846. The lowest BCUT2D eigenvalue weighted by Gasteiger charge is -2.04. The predicted octanol–water partition coefficient (Wildman–Crippen LogP) is -0.439. The molecule has 1 aromatic heterocycles. The Bertz CT molecular complexity index is 335. The van der Waals surface area contributed by atoms with Crippen LogP contribution in [0.3, 0.4) is 0 Å². The molecule has 1 rings (SSSR count). The number of hydrogen-bond donors (Lipinski definition) is 1. The highest BCUT2D eigenvalue weighted by Crippen LogP contribution is 1.86. The molecule has 0 saturated carbocycles. The van der Waals surface area contributed by atoms with Crippen molar-refractivity contribution in [2.45, 2.75) is 13.5 Å². The van der Waals surface area contributed by atoms with E-state index in [0.717, 1.165) is 5.56 Å². The van der Waals surface area contributed by atoms with Crippen LogP contribution in [-0.2, 0) is 11.3 Å². The zero-order chi connectivity index (χ0) is 10.4. The van der Waals surface area contributed by atoms with Crippen LogP contribution in [0.1, 0.15) is 5.56 Å². The molecular formula is C9H14N2O3. The highest BCUT2D eigenvalue weighted by Gasteiger charge is 1.96. The standard InChI is InChI=1S/C9H14N2O3/c1-8-6-9(13)11(10-7-8)2-4-14-5-3-12/h6-7,12H,2-5H2,1H3. The molecule has 1 aromatic rings. The highest BCUT2D eigenvalue weighted by molar-refractivity contribution is 5.02. The number of aliphatic hydroxyl groups is 1. The van der Waals surface area contributed by atoms with Crippen LogP contribution in [0, 0.1) is 6.92 Å². The van der Waals surface area contributed by atoms with E-state index in [0.29, 0.717) is 19.8 Å². The van der Waals surface area contributed by atoms with E-state index >= 15 is 0 Å². The van der Waals surface area contributed by atoms with Gasteiger partial charge in [0.15, 0.2) is 0 Å². The molecule has 0 saturated heterocycles. The van der Waals surface area contributed by atoms with Crippen molar-refractivity contribution in [3.8, 4) is 0 Å². The Kier molecular flexibility index (Phi) is 4.28. The number of hydrogen-bond acceptors (Lipinski definition) is 4. The summed E-state index contributed by atoms with van der Waals surface area (Å²) in [4.78, 5) is 11.3. The van der Waals surface area contributed by atoms with Gasteiger partial charge in [-0.3, -0.25) is 4.79 Å². The van der Waals surface area contributed by atoms with Crippen molar-refractivity contribution in [2.24, 2.45) is 0 Å². The van der Waals surface area contributed by atoms with Crippen molar-refractivity contribution in [1.29, 1.82) is 0 Å². The number of aliphatic hydroxyl groups excluding tert-OH is 1. The van der Waals surface area contributed by atoms with Crippen LogP contribution in [0.25, 0.3) is 0 Å². The number of nitrogens with zero attached hydrogens (tertiary/aromatic N) is 2. The van der Waals surface area contributed by atoms with Crippen LogP contribution in [-0.4, -0.2) is 34.7 Å². The Hall–Kier alpha value is -1.20. The minimum atomic E-state index is -0.127. The summed E-state index contributed by atoms with van der Waals surface area (Å²) in [6.07, 6.45) is 1.63. The van der Waals surface area contributed by atoms with Crippen molar-refractivity contribution in [1.82, 2.24) is 9.78 Å². The summed E-state index contributed by atoms with van der Waals surface area (Å²) in [7, 11) is 0. The number of rotatable bonds is 5. The Morgan fingerprint density at radius 1 is 1.57 bits per heavy atom. The molecule has 0 atom stereocenters. The summed E-state index contributed by atoms with van der Waals surface area (Å²) in [5.41, 5.74) is 0.722.